The van der Waals surface area contributed by atoms with Gasteiger partial charge in [-0.05, 0) is 36.9 Å². The van der Waals surface area contributed by atoms with Gasteiger partial charge in [-0.2, -0.15) is 0 Å². The van der Waals surface area contributed by atoms with E-state index in [0.717, 1.165) is 12.5 Å². The van der Waals surface area contributed by atoms with Crippen LogP contribution in [0.1, 0.15) is 23.7 Å². The van der Waals surface area contributed by atoms with Crippen molar-refractivity contribution in [1.29, 1.82) is 0 Å². The number of benzene rings is 1. The Kier molecular flexibility index (Phi) is 4.04. The van der Waals surface area contributed by atoms with Crippen LogP contribution in [0.25, 0.3) is 0 Å². The minimum atomic E-state index is -0.554. The molecular weight excluding hydrogens is 247 g/mol. The molecule has 4 nitrogen and oxygen atoms in total. The maximum Gasteiger partial charge on any atom is 0.257 e. The number of likely N-dealkylation sites (tertiary alicyclic amines) is 1. The van der Waals surface area contributed by atoms with Gasteiger partial charge in [0.2, 0.25) is 0 Å². The topological polar surface area (TPSA) is 66.6 Å². The molecule has 3 N–H and O–H groups in total. The molecule has 2 atom stereocenters. The fraction of sp³-hybridized carbons (Fsp3) is 0.500. The van der Waals surface area contributed by atoms with E-state index in [-0.39, 0.29) is 23.1 Å². The second-order valence-corrected chi connectivity index (χ2v) is 5.17. The molecule has 2 rings (SSSR count). The molecule has 19 heavy (non-hydrogen) atoms. The number of rotatable bonds is 2. The third-order valence-corrected chi connectivity index (χ3v) is 3.89. The van der Waals surface area contributed by atoms with Crippen LogP contribution in [-0.2, 0) is 0 Å². The first-order valence-corrected chi connectivity index (χ1v) is 6.50. The van der Waals surface area contributed by atoms with Gasteiger partial charge < -0.3 is 15.7 Å². The third-order valence-electron chi connectivity index (χ3n) is 3.89. The zero-order valence-corrected chi connectivity index (χ0v) is 11.0. The van der Waals surface area contributed by atoms with Crippen molar-refractivity contribution in [1.82, 2.24) is 4.90 Å². The van der Waals surface area contributed by atoms with Gasteiger partial charge in [0.25, 0.3) is 5.91 Å². The number of carbonyl (C=O) groups excluding carboxylic acids is 1. The van der Waals surface area contributed by atoms with E-state index in [1.165, 1.54) is 12.1 Å². The summed E-state index contributed by atoms with van der Waals surface area (Å²) >= 11 is 0. The summed E-state index contributed by atoms with van der Waals surface area (Å²) in [6.45, 7) is 3.91. The molecule has 0 spiro atoms. The highest BCUT2D eigenvalue weighted by molar-refractivity contribution is 5.96. The second kappa shape index (κ2) is 5.57. The zero-order valence-electron chi connectivity index (χ0n) is 11.0. The summed E-state index contributed by atoms with van der Waals surface area (Å²) < 4.78 is 12.9. The Hall–Kier alpha value is -1.62. The standard InChI is InChI=1S/C14H19FN2O2/c1-9-4-5-17(8-10(9)7-16)14(19)12-3-2-11(15)6-13(12)18/h2-3,6,9-10,18H,4-5,7-8,16H2,1H3. The lowest BCUT2D eigenvalue weighted by molar-refractivity contribution is 0.0615. The van der Waals surface area contributed by atoms with Crippen LogP contribution >= 0.6 is 0 Å². The Labute approximate surface area is 112 Å². The average molecular weight is 266 g/mol. The van der Waals surface area contributed by atoms with Crippen LogP contribution in [-0.4, -0.2) is 35.5 Å². The van der Waals surface area contributed by atoms with Gasteiger partial charge in [0, 0.05) is 19.2 Å². The fourth-order valence-corrected chi connectivity index (χ4v) is 2.50. The van der Waals surface area contributed by atoms with E-state index in [1.807, 2.05) is 0 Å². The maximum atomic E-state index is 12.9. The van der Waals surface area contributed by atoms with Crippen LogP contribution in [0.3, 0.4) is 0 Å². The third kappa shape index (κ3) is 2.87. The van der Waals surface area contributed by atoms with Gasteiger partial charge in [-0.1, -0.05) is 6.92 Å². The molecule has 0 radical (unpaired) electrons. The summed E-state index contributed by atoms with van der Waals surface area (Å²) in [4.78, 5) is 14.0. The van der Waals surface area contributed by atoms with Crippen LogP contribution < -0.4 is 5.73 Å². The van der Waals surface area contributed by atoms with E-state index in [0.29, 0.717) is 25.6 Å². The first-order valence-electron chi connectivity index (χ1n) is 6.50. The molecule has 5 heteroatoms. The molecule has 1 heterocycles. The molecule has 1 aromatic carbocycles. The average Bonchev–Trinajstić information content (AvgIpc) is 2.38. The number of nitrogens with two attached hydrogens (primary N) is 1. The van der Waals surface area contributed by atoms with E-state index in [2.05, 4.69) is 6.92 Å². The van der Waals surface area contributed by atoms with Gasteiger partial charge in [-0.25, -0.2) is 4.39 Å². The number of nitrogens with zero attached hydrogens (tertiary/aromatic N) is 1. The van der Waals surface area contributed by atoms with Crippen molar-refractivity contribution in [3.05, 3.63) is 29.6 Å². The predicted molar refractivity (Wildman–Crippen MR) is 70.3 cm³/mol. The number of hydrogen-bond donors (Lipinski definition) is 2. The van der Waals surface area contributed by atoms with Crippen LogP contribution in [0.15, 0.2) is 18.2 Å². The summed E-state index contributed by atoms with van der Waals surface area (Å²) in [5, 5.41) is 9.66. The Morgan fingerprint density at radius 2 is 2.32 bits per heavy atom. The molecule has 1 aliphatic heterocycles. The minimum Gasteiger partial charge on any atom is -0.507 e. The van der Waals surface area contributed by atoms with Crippen LogP contribution in [0.2, 0.25) is 0 Å². The van der Waals surface area contributed by atoms with Gasteiger partial charge in [-0.15, -0.1) is 0 Å². The maximum absolute atomic E-state index is 12.9. The van der Waals surface area contributed by atoms with Crippen molar-refractivity contribution in [2.45, 2.75) is 13.3 Å². The number of phenols is 1. The first kappa shape index (κ1) is 13.8. The number of amides is 1. The molecule has 1 fully saturated rings. The SMILES string of the molecule is CC1CCN(C(=O)c2ccc(F)cc2O)CC1CN. The Balaban J connectivity index is 2.15. The van der Waals surface area contributed by atoms with E-state index >= 15 is 0 Å². The fourth-order valence-electron chi connectivity index (χ4n) is 2.50. The number of hydrogen-bond acceptors (Lipinski definition) is 3. The molecule has 1 aromatic rings. The van der Waals surface area contributed by atoms with E-state index in [9.17, 15) is 14.3 Å². The molecule has 104 valence electrons. The van der Waals surface area contributed by atoms with Crippen LogP contribution in [0, 0.1) is 17.7 Å². The summed E-state index contributed by atoms with van der Waals surface area (Å²) in [5.41, 5.74) is 5.85. The van der Waals surface area contributed by atoms with Crippen molar-refractivity contribution >= 4 is 5.91 Å². The Morgan fingerprint density at radius 3 is 2.95 bits per heavy atom. The van der Waals surface area contributed by atoms with Crippen molar-refractivity contribution in [2.24, 2.45) is 17.6 Å². The Morgan fingerprint density at radius 1 is 1.58 bits per heavy atom. The minimum absolute atomic E-state index is 0.145. The second-order valence-electron chi connectivity index (χ2n) is 5.17. The van der Waals surface area contributed by atoms with Gasteiger partial charge in [0.1, 0.15) is 11.6 Å². The zero-order chi connectivity index (χ0) is 14.0. The molecule has 1 amide bonds. The number of carbonyl (C=O) groups is 1. The van der Waals surface area contributed by atoms with Crippen LogP contribution in [0.4, 0.5) is 4.39 Å². The Bertz CT molecular complexity index is 479. The van der Waals surface area contributed by atoms with Gasteiger partial charge in [-0.3, -0.25) is 4.79 Å². The number of piperidine rings is 1. The first-order chi connectivity index (χ1) is 9.02. The van der Waals surface area contributed by atoms with Gasteiger partial charge >= 0.3 is 0 Å². The highest BCUT2D eigenvalue weighted by atomic mass is 19.1. The molecule has 0 saturated carbocycles. The van der Waals surface area contributed by atoms with Crippen molar-refractivity contribution in [2.75, 3.05) is 19.6 Å². The molecule has 1 aliphatic rings. The molecular formula is C14H19FN2O2. The van der Waals surface area contributed by atoms with Crippen molar-refractivity contribution in [3.8, 4) is 5.75 Å². The highest BCUT2D eigenvalue weighted by Crippen LogP contribution is 2.26. The van der Waals surface area contributed by atoms with E-state index in [1.54, 1.807) is 4.90 Å². The number of aromatic hydroxyl groups is 1. The molecule has 0 aromatic heterocycles. The van der Waals surface area contributed by atoms with Gasteiger partial charge in [0.15, 0.2) is 0 Å². The predicted octanol–water partition coefficient (Wildman–Crippen LogP) is 1.59. The van der Waals surface area contributed by atoms with E-state index in [4.69, 9.17) is 5.73 Å². The summed E-state index contributed by atoms with van der Waals surface area (Å²) in [6.07, 6.45) is 0.898. The summed E-state index contributed by atoms with van der Waals surface area (Å²) in [6, 6.07) is 3.46. The quantitative estimate of drug-likeness (QED) is 0.854. The molecule has 1 saturated heterocycles. The lowest BCUT2D eigenvalue weighted by Crippen LogP contribution is -2.45. The van der Waals surface area contributed by atoms with Crippen molar-refractivity contribution < 1.29 is 14.3 Å². The smallest absolute Gasteiger partial charge is 0.257 e. The lowest BCUT2D eigenvalue weighted by atomic mass is 9.87. The number of phenolic OH excluding ortho intramolecular Hbond substituents is 1. The summed E-state index contributed by atoms with van der Waals surface area (Å²) in [7, 11) is 0. The van der Waals surface area contributed by atoms with Crippen LogP contribution in [0.5, 0.6) is 5.75 Å². The van der Waals surface area contributed by atoms with Gasteiger partial charge in [0.05, 0.1) is 5.56 Å². The summed E-state index contributed by atoms with van der Waals surface area (Å²) in [5.74, 6) is -0.354. The molecule has 0 aliphatic carbocycles. The number of halogens is 1. The monoisotopic (exact) mass is 266 g/mol. The lowest BCUT2D eigenvalue weighted by Gasteiger charge is -2.36. The van der Waals surface area contributed by atoms with Crippen molar-refractivity contribution in [3.63, 3.8) is 0 Å². The molecule has 2 unspecified atom stereocenters. The normalized spacial score (nSPS) is 23.4. The highest BCUT2D eigenvalue weighted by Gasteiger charge is 2.29. The van der Waals surface area contributed by atoms with E-state index < -0.39 is 5.82 Å². The largest absolute Gasteiger partial charge is 0.507 e. The molecule has 0 bridgehead atoms.